The molecule has 1 heterocycles. The molecule has 0 aliphatic heterocycles. The number of furan rings is 1. The first-order chi connectivity index (χ1) is 10.2. The van der Waals surface area contributed by atoms with Gasteiger partial charge in [0.1, 0.15) is 17.4 Å². The normalized spacial score (nSPS) is 13.1. The Balaban J connectivity index is 2.00. The molecule has 0 bridgehead atoms. The molecular formula is C18H27NO2. The highest BCUT2D eigenvalue weighted by atomic mass is 16.4. The van der Waals surface area contributed by atoms with Gasteiger partial charge in [-0.1, -0.05) is 44.9 Å². The summed E-state index contributed by atoms with van der Waals surface area (Å²) in [5.41, 5.74) is 0.847. The van der Waals surface area contributed by atoms with E-state index >= 15 is 0 Å². The van der Waals surface area contributed by atoms with Crippen LogP contribution in [0.5, 0.6) is 0 Å². The molecule has 0 saturated carbocycles. The van der Waals surface area contributed by atoms with Crippen LogP contribution in [0.1, 0.15) is 51.4 Å². The zero-order chi connectivity index (χ0) is 15.1. The fraction of sp³-hybridized carbons (Fsp3) is 0.556. The van der Waals surface area contributed by atoms with Crippen molar-refractivity contribution in [1.29, 1.82) is 0 Å². The lowest BCUT2D eigenvalue weighted by Crippen LogP contribution is -2.30. The number of fused-ring (bicyclic) bond motifs is 1. The Morgan fingerprint density at radius 2 is 1.76 bits per heavy atom. The van der Waals surface area contributed by atoms with Gasteiger partial charge in [0.2, 0.25) is 0 Å². The predicted molar refractivity (Wildman–Crippen MR) is 87.4 cm³/mol. The molecule has 1 unspecified atom stereocenters. The first kappa shape index (κ1) is 16.1. The largest absolute Gasteiger partial charge is 0.458 e. The van der Waals surface area contributed by atoms with Gasteiger partial charge in [0.25, 0.3) is 0 Å². The van der Waals surface area contributed by atoms with Crippen LogP contribution in [0.2, 0.25) is 0 Å². The Morgan fingerprint density at radius 1 is 1.10 bits per heavy atom. The molecule has 0 fully saturated rings. The molecule has 0 saturated heterocycles. The molecule has 3 heteroatoms. The summed E-state index contributed by atoms with van der Waals surface area (Å²) in [6, 6.07) is 9.86. The summed E-state index contributed by atoms with van der Waals surface area (Å²) in [5.74, 6) is 0.675. The predicted octanol–water partition coefficient (Wildman–Crippen LogP) is 4.37. The highest BCUT2D eigenvalue weighted by molar-refractivity contribution is 5.77. The Labute approximate surface area is 127 Å². The fourth-order valence-corrected chi connectivity index (χ4v) is 2.56. The van der Waals surface area contributed by atoms with E-state index in [1.165, 1.54) is 25.7 Å². The van der Waals surface area contributed by atoms with Gasteiger partial charge in [-0.3, -0.25) is 0 Å². The van der Waals surface area contributed by atoms with E-state index in [9.17, 15) is 5.11 Å². The van der Waals surface area contributed by atoms with E-state index in [-0.39, 0.29) is 0 Å². The number of rotatable bonds is 9. The van der Waals surface area contributed by atoms with E-state index in [1.54, 1.807) is 0 Å². The van der Waals surface area contributed by atoms with E-state index in [1.807, 2.05) is 30.3 Å². The maximum Gasteiger partial charge on any atom is 0.135 e. The number of hydrogen-bond donors (Lipinski definition) is 1. The van der Waals surface area contributed by atoms with Crippen LogP contribution in [0.4, 0.5) is 0 Å². The molecule has 0 aliphatic rings. The third kappa shape index (κ3) is 4.58. The zero-order valence-corrected chi connectivity index (χ0v) is 13.2. The Bertz CT molecular complexity index is 494. The maximum atomic E-state index is 10.5. The lowest BCUT2D eigenvalue weighted by atomic mass is 10.2. The van der Waals surface area contributed by atoms with Crippen LogP contribution in [0.3, 0.4) is 0 Å². The van der Waals surface area contributed by atoms with E-state index in [4.69, 9.17) is 4.42 Å². The topological polar surface area (TPSA) is 36.6 Å². The molecule has 1 N–H and O–H groups in total. The molecule has 2 rings (SSSR count). The third-order valence-corrected chi connectivity index (χ3v) is 3.86. The van der Waals surface area contributed by atoms with Crippen molar-refractivity contribution in [3.8, 4) is 0 Å². The molecule has 0 radical (unpaired) electrons. The zero-order valence-electron chi connectivity index (χ0n) is 13.2. The molecule has 116 valence electrons. The first-order valence-corrected chi connectivity index (χ1v) is 8.13. The van der Waals surface area contributed by atoms with Crippen molar-refractivity contribution in [2.24, 2.45) is 0 Å². The van der Waals surface area contributed by atoms with Crippen LogP contribution >= 0.6 is 0 Å². The molecular weight excluding hydrogens is 262 g/mol. The van der Waals surface area contributed by atoms with Crippen LogP contribution in [0.15, 0.2) is 34.7 Å². The maximum absolute atomic E-state index is 10.5. The Kier molecular flexibility index (Phi) is 6.27. The molecule has 1 atom stereocenters. The molecule has 21 heavy (non-hydrogen) atoms. The summed E-state index contributed by atoms with van der Waals surface area (Å²) in [5, 5.41) is 11.5. The second-order valence-electron chi connectivity index (χ2n) is 5.71. The van der Waals surface area contributed by atoms with Crippen LogP contribution in [-0.4, -0.2) is 29.6 Å². The molecule has 0 amide bonds. The van der Waals surface area contributed by atoms with Crippen LogP contribution in [0, 0.1) is 0 Å². The number of aliphatic hydroxyl groups is 1. The van der Waals surface area contributed by atoms with E-state index in [0.29, 0.717) is 12.3 Å². The van der Waals surface area contributed by atoms with Gasteiger partial charge in [-0.05, 0) is 38.1 Å². The SMILES string of the molecule is CCCCN(CCCC)CC(O)c1cc2ccccc2o1. The summed E-state index contributed by atoms with van der Waals surface area (Å²) >= 11 is 0. The fourth-order valence-electron chi connectivity index (χ4n) is 2.56. The minimum absolute atomic E-state index is 0.550. The summed E-state index contributed by atoms with van der Waals surface area (Å²) < 4.78 is 5.76. The number of aliphatic hydroxyl groups excluding tert-OH is 1. The average molecular weight is 289 g/mol. The van der Waals surface area contributed by atoms with Gasteiger partial charge in [-0.25, -0.2) is 0 Å². The highest BCUT2D eigenvalue weighted by Crippen LogP contribution is 2.24. The van der Waals surface area contributed by atoms with Crippen LogP contribution in [-0.2, 0) is 0 Å². The summed E-state index contributed by atoms with van der Waals surface area (Å²) in [4.78, 5) is 2.35. The molecule has 3 nitrogen and oxygen atoms in total. The van der Waals surface area contributed by atoms with E-state index in [2.05, 4.69) is 18.7 Å². The number of nitrogens with zero attached hydrogens (tertiary/aromatic N) is 1. The van der Waals surface area contributed by atoms with Gasteiger partial charge in [0, 0.05) is 11.9 Å². The number of benzene rings is 1. The molecule has 1 aromatic heterocycles. The Hall–Kier alpha value is -1.32. The number of hydrogen-bond acceptors (Lipinski definition) is 3. The summed E-state index contributed by atoms with van der Waals surface area (Å²) in [6.07, 6.45) is 4.17. The third-order valence-electron chi connectivity index (χ3n) is 3.86. The van der Waals surface area contributed by atoms with Crippen molar-refractivity contribution in [2.45, 2.75) is 45.6 Å². The van der Waals surface area contributed by atoms with E-state index < -0.39 is 6.10 Å². The van der Waals surface area contributed by atoms with Gasteiger partial charge < -0.3 is 14.4 Å². The second kappa shape index (κ2) is 8.20. The van der Waals surface area contributed by atoms with Crippen molar-refractivity contribution in [1.82, 2.24) is 4.90 Å². The molecule has 2 aromatic rings. The van der Waals surface area contributed by atoms with E-state index in [0.717, 1.165) is 24.1 Å². The Morgan fingerprint density at radius 3 is 2.38 bits per heavy atom. The average Bonchev–Trinajstić information content (AvgIpc) is 2.94. The summed E-state index contributed by atoms with van der Waals surface area (Å²) in [7, 11) is 0. The molecule has 0 aliphatic carbocycles. The lowest BCUT2D eigenvalue weighted by molar-refractivity contribution is 0.0943. The second-order valence-corrected chi connectivity index (χ2v) is 5.71. The monoisotopic (exact) mass is 289 g/mol. The number of unbranched alkanes of at least 4 members (excludes halogenated alkanes) is 2. The van der Waals surface area contributed by atoms with Gasteiger partial charge in [0.05, 0.1) is 0 Å². The standard InChI is InChI=1S/C18H27NO2/c1-3-5-11-19(12-6-4-2)14-16(20)18-13-15-9-7-8-10-17(15)21-18/h7-10,13,16,20H,3-6,11-12,14H2,1-2H3. The molecule has 0 spiro atoms. The van der Waals surface area contributed by atoms with Gasteiger partial charge >= 0.3 is 0 Å². The number of para-hydroxylation sites is 1. The molecule has 1 aromatic carbocycles. The highest BCUT2D eigenvalue weighted by Gasteiger charge is 2.17. The van der Waals surface area contributed by atoms with Crippen molar-refractivity contribution >= 4 is 11.0 Å². The quantitative estimate of drug-likeness (QED) is 0.744. The van der Waals surface area contributed by atoms with Gasteiger partial charge in [-0.15, -0.1) is 0 Å². The smallest absolute Gasteiger partial charge is 0.135 e. The minimum Gasteiger partial charge on any atom is -0.458 e. The van der Waals surface area contributed by atoms with Gasteiger partial charge in [-0.2, -0.15) is 0 Å². The van der Waals surface area contributed by atoms with Gasteiger partial charge in [0.15, 0.2) is 0 Å². The minimum atomic E-state index is -0.550. The summed E-state index contributed by atoms with van der Waals surface area (Å²) in [6.45, 7) is 7.16. The van der Waals surface area contributed by atoms with Crippen LogP contribution in [0.25, 0.3) is 11.0 Å². The first-order valence-electron chi connectivity index (χ1n) is 8.13. The van der Waals surface area contributed by atoms with Crippen molar-refractivity contribution in [3.05, 3.63) is 36.1 Å². The van der Waals surface area contributed by atoms with Crippen molar-refractivity contribution < 1.29 is 9.52 Å². The van der Waals surface area contributed by atoms with Crippen LogP contribution < -0.4 is 0 Å². The van der Waals surface area contributed by atoms with Crippen molar-refractivity contribution in [2.75, 3.05) is 19.6 Å². The lowest BCUT2D eigenvalue weighted by Gasteiger charge is -2.24. The van der Waals surface area contributed by atoms with Crippen molar-refractivity contribution in [3.63, 3.8) is 0 Å².